The smallest absolute Gasteiger partial charge is 0.411 e. The molecule has 0 saturated heterocycles. The Balaban J connectivity index is 1.74. The van der Waals surface area contributed by atoms with Gasteiger partial charge in [-0.25, -0.2) is 9.59 Å². The second-order valence-corrected chi connectivity index (χ2v) is 6.97. The molecule has 0 bridgehead atoms. The van der Waals surface area contributed by atoms with E-state index in [9.17, 15) is 9.59 Å². The topological polar surface area (TPSA) is 90.7 Å². The molecule has 1 aliphatic carbocycles. The maximum Gasteiger partial charge on any atom is 0.411 e. The quantitative estimate of drug-likeness (QED) is 0.654. The van der Waals surface area contributed by atoms with Crippen LogP contribution in [0.5, 0.6) is 6.08 Å². The van der Waals surface area contributed by atoms with E-state index in [2.05, 4.69) is 10.3 Å². The highest BCUT2D eigenvalue weighted by Crippen LogP contribution is 2.33. The van der Waals surface area contributed by atoms with Crippen LogP contribution in [-0.4, -0.2) is 24.3 Å². The predicted octanol–water partition coefficient (Wildman–Crippen LogP) is 4.41. The Labute approximate surface area is 158 Å². The molecule has 0 spiro atoms. The van der Waals surface area contributed by atoms with Crippen LogP contribution in [-0.2, 0) is 4.74 Å². The lowest BCUT2D eigenvalue weighted by Crippen LogP contribution is -2.16. The number of amides is 1. The Morgan fingerprint density at radius 3 is 2.85 bits per heavy atom. The van der Waals surface area contributed by atoms with Crippen molar-refractivity contribution in [1.82, 2.24) is 4.98 Å². The van der Waals surface area contributed by atoms with Crippen LogP contribution in [0.3, 0.4) is 0 Å². The van der Waals surface area contributed by atoms with Crippen LogP contribution in [0.25, 0.3) is 10.9 Å². The van der Waals surface area contributed by atoms with Crippen LogP contribution in [0.2, 0.25) is 0 Å². The van der Waals surface area contributed by atoms with Gasteiger partial charge in [0.1, 0.15) is 5.52 Å². The van der Waals surface area contributed by atoms with Crippen molar-refractivity contribution in [3.05, 3.63) is 28.1 Å². The van der Waals surface area contributed by atoms with E-state index in [-0.39, 0.29) is 6.08 Å². The van der Waals surface area contributed by atoms with Crippen molar-refractivity contribution in [2.24, 2.45) is 5.92 Å². The lowest BCUT2D eigenvalue weighted by molar-refractivity contribution is 0.161. The van der Waals surface area contributed by atoms with Gasteiger partial charge in [-0.3, -0.25) is 5.32 Å². The number of hydrogen-bond acceptors (Lipinski definition) is 6. The second kappa shape index (κ2) is 8.88. The molecule has 0 aliphatic heterocycles. The van der Waals surface area contributed by atoms with Crippen molar-refractivity contribution in [3.8, 4) is 6.08 Å². The van der Waals surface area contributed by atoms with Crippen LogP contribution in [0, 0.1) is 12.8 Å². The van der Waals surface area contributed by atoms with E-state index in [1.165, 1.54) is 19.3 Å². The summed E-state index contributed by atoms with van der Waals surface area (Å²) in [6.45, 7) is 4.47. The summed E-state index contributed by atoms with van der Waals surface area (Å²) in [4.78, 5) is 28.6. The summed E-state index contributed by atoms with van der Waals surface area (Å²) in [6.07, 6.45) is 5.97. The molecule has 0 atom stereocenters. The highest BCUT2D eigenvalue weighted by molar-refractivity contribution is 5.98. The normalized spacial score (nSPS) is 13.6. The van der Waals surface area contributed by atoms with E-state index < -0.39 is 11.7 Å². The maximum atomic E-state index is 12.4. The van der Waals surface area contributed by atoms with Gasteiger partial charge in [0.25, 0.3) is 0 Å². The SMILES string of the molecule is CCCOC(=O)Nc1ccc(C)c2c(=O)oc(OCCCCC3CC3)nc12. The third-order valence-corrected chi connectivity index (χ3v) is 4.58. The van der Waals surface area contributed by atoms with Gasteiger partial charge in [0.2, 0.25) is 0 Å². The number of rotatable bonds is 9. The lowest BCUT2D eigenvalue weighted by atomic mass is 10.1. The number of fused-ring (bicyclic) bond motifs is 1. The number of nitrogens with zero attached hydrogens (tertiary/aromatic N) is 1. The number of nitrogens with one attached hydrogen (secondary N) is 1. The molecule has 7 heteroatoms. The molecule has 1 aromatic heterocycles. The van der Waals surface area contributed by atoms with Crippen molar-refractivity contribution in [3.63, 3.8) is 0 Å². The fourth-order valence-corrected chi connectivity index (χ4v) is 2.91. The average Bonchev–Trinajstić information content (AvgIpc) is 3.46. The zero-order valence-corrected chi connectivity index (χ0v) is 15.9. The van der Waals surface area contributed by atoms with Gasteiger partial charge >= 0.3 is 17.8 Å². The van der Waals surface area contributed by atoms with Crippen molar-refractivity contribution < 1.29 is 18.7 Å². The third-order valence-electron chi connectivity index (χ3n) is 4.58. The number of anilines is 1. The summed E-state index contributed by atoms with van der Waals surface area (Å²) in [7, 11) is 0. The second-order valence-electron chi connectivity index (χ2n) is 6.97. The molecule has 1 heterocycles. The first-order chi connectivity index (χ1) is 13.1. The molecule has 27 heavy (non-hydrogen) atoms. The molecule has 1 N–H and O–H groups in total. The molecule has 1 aliphatic rings. The van der Waals surface area contributed by atoms with E-state index in [1.54, 1.807) is 19.1 Å². The van der Waals surface area contributed by atoms with Crippen LogP contribution in [0.4, 0.5) is 10.5 Å². The molecule has 3 rings (SSSR count). The lowest BCUT2D eigenvalue weighted by Gasteiger charge is -2.10. The number of aromatic nitrogens is 1. The van der Waals surface area contributed by atoms with Gasteiger partial charge in [-0.2, -0.15) is 4.98 Å². The Morgan fingerprint density at radius 2 is 2.11 bits per heavy atom. The Kier molecular flexibility index (Phi) is 6.32. The minimum Gasteiger partial charge on any atom is -0.450 e. The van der Waals surface area contributed by atoms with E-state index >= 15 is 0 Å². The number of carbonyl (C=O) groups is 1. The largest absolute Gasteiger partial charge is 0.450 e. The zero-order chi connectivity index (χ0) is 19.2. The Hall–Kier alpha value is -2.57. The summed E-state index contributed by atoms with van der Waals surface area (Å²) < 4.78 is 15.8. The van der Waals surface area contributed by atoms with Gasteiger partial charge in [-0.15, -0.1) is 0 Å². The van der Waals surface area contributed by atoms with E-state index in [4.69, 9.17) is 13.9 Å². The Morgan fingerprint density at radius 1 is 1.30 bits per heavy atom. The van der Waals surface area contributed by atoms with Gasteiger partial charge in [-0.1, -0.05) is 32.3 Å². The fourth-order valence-electron chi connectivity index (χ4n) is 2.91. The standard InChI is InChI=1S/C20H26N2O5/c1-3-11-25-19(24)21-15-10-7-13(2)16-17(15)22-20(27-18(16)23)26-12-5-4-6-14-8-9-14/h7,10,14H,3-6,8-9,11-12H2,1-2H3,(H,21,24). The molecule has 2 aromatic rings. The summed E-state index contributed by atoms with van der Waals surface area (Å²) in [5.74, 6) is 0.894. The van der Waals surface area contributed by atoms with Crippen molar-refractivity contribution in [1.29, 1.82) is 0 Å². The molecule has 1 saturated carbocycles. The maximum absolute atomic E-state index is 12.4. The number of carbonyl (C=O) groups excluding carboxylic acids is 1. The highest BCUT2D eigenvalue weighted by Gasteiger charge is 2.20. The van der Waals surface area contributed by atoms with Gasteiger partial charge in [0.05, 0.1) is 24.3 Å². The van der Waals surface area contributed by atoms with E-state index in [1.807, 2.05) is 6.92 Å². The first-order valence-corrected chi connectivity index (χ1v) is 9.59. The van der Waals surface area contributed by atoms with Crippen LogP contribution in [0.15, 0.2) is 21.3 Å². The third kappa shape index (κ3) is 5.21. The fraction of sp³-hybridized carbons (Fsp3) is 0.550. The highest BCUT2D eigenvalue weighted by atomic mass is 16.6. The van der Waals surface area contributed by atoms with Crippen LogP contribution in [0.1, 0.15) is 51.0 Å². The van der Waals surface area contributed by atoms with E-state index in [0.29, 0.717) is 29.8 Å². The molecule has 0 radical (unpaired) electrons. The first kappa shape index (κ1) is 19.2. The molecule has 0 unspecified atom stereocenters. The van der Waals surface area contributed by atoms with Gasteiger partial charge in [0, 0.05) is 0 Å². The number of hydrogen-bond donors (Lipinski definition) is 1. The summed E-state index contributed by atoms with van der Waals surface area (Å²) in [6, 6.07) is 3.42. The molecular formula is C20H26N2O5. The van der Waals surface area contributed by atoms with Crippen molar-refractivity contribution in [2.75, 3.05) is 18.5 Å². The zero-order valence-electron chi connectivity index (χ0n) is 15.9. The molecule has 1 amide bonds. The Bertz CT molecular complexity index is 857. The monoisotopic (exact) mass is 374 g/mol. The van der Waals surface area contributed by atoms with Crippen LogP contribution >= 0.6 is 0 Å². The minimum atomic E-state index is -0.584. The first-order valence-electron chi connectivity index (χ1n) is 9.59. The van der Waals surface area contributed by atoms with E-state index in [0.717, 1.165) is 30.7 Å². The van der Waals surface area contributed by atoms with Gasteiger partial charge in [-0.05, 0) is 43.7 Å². The summed E-state index contributed by atoms with van der Waals surface area (Å²) in [5, 5.41) is 2.96. The summed E-state index contributed by atoms with van der Waals surface area (Å²) >= 11 is 0. The number of unbranched alkanes of at least 4 members (excludes halogenated alkanes) is 1. The van der Waals surface area contributed by atoms with Crippen LogP contribution < -0.4 is 15.7 Å². The molecule has 1 aromatic carbocycles. The summed E-state index contributed by atoms with van der Waals surface area (Å²) in [5.41, 5.74) is 0.918. The minimum absolute atomic E-state index is 0.0745. The molecule has 1 fully saturated rings. The van der Waals surface area contributed by atoms with Crippen molar-refractivity contribution >= 4 is 22.7 Å². The molecule has 146 valence electrons. The predicted molar refractivity (Wildman–Crippen MR) is 102 cm³/mol. The molecular weight excluding hydrogens is 348 g/mol. The van der Waals surface area contributed by atoms with Crippen molar-refractivity contribution in [2.45, 2.75) is 52.4 Å². The van der Waals surface area contributed by atoms with Gasteiger partial charge < -0.3 is 13.9 Å². The number of aryl methyl sites for hydroxylation is 1. The average molecular weight is 374 g/mol. The number of benzene rings is 1. The molecule has 7 nitrogen and oxygen atoms in total. The van der Waals surface area contributed by atoms with Gasteiger partial charge in [0.15, 0.2) is 0 Å². The number of ether oxygens (including phenoxy) is 2.